The second kappa shape index (κ2) is 5.11. The lowest BCUT2D eigenvalue weighted by Gasteiger charge is -2.14. The Balaban J connectivity index is 2.15. The number of methoxy groups -OCH3 is 1. The third-order valence-electron chi connectivity index (χ3n) is 3.34. The molecule has 0 aliphatic rings. The highest BCUT2D eigenvalue weighted by Gasteiger charge is 2.26. The van der Waals surface area contributed by atoms with Crippen LogP contribution in [0.2, 0.25) is 0 Å². The predicted octanol–water partition coefficient (Wildman–Crippen LogP) is 3.64. The van der Waals surface area contributed by atoms with E-state index in [4.69, 9.17) is 4.74 Å². The van der Waals surface area contributed by atoms with E-state index in [0.717, 1.165) is 27.0 Å². The van der Waals surface area contributed by atoms with Crippen LogP contribution in [0.1, 0.15) is 32.2 Å². The minimum absolute atomic E-state index is 0.186. The maximum absolute atomic E-state index is 9.46. The largest absolute Gasteiger partial charge is 0.497 e. The second-order valence-corrected chi connectivity index (χ2v) is 6.96. The number of nitrogens with zero attached hydrogens (tertiary/aromatic N) is 4. The van der Waals surface area contributed by atoms with Gasteiger partial charge in [-0.1, -0.05) is 44.2 Å². The van der Waals surface area contributed by atoms with E-state index in [-0.39, 0.29) is 5.41 Å². The maximum Gasteiger partial charge on any atom is 0.214 e. The zero-order chi connectivity index (χ0) is 15.9. The molecule has 22 heavy (non-hydrogen) atoms. The van der Waals surface area contributed by atoms with Crippen LogP contribution in [-0.4, -0.2) is 21.7 Å². The van der Waals surface area contributed by atoms with E-state index >= 15 is 0 Å². The molecule has 112 valence electrons. The van der Waals surface area contributed by atoms with E-state index in [2.05, 4.69) is 16.2 Å². The average molecular weight is 312 g/mol. The summed E-state index contributed by atoms with van der Waals surface area (Å²) in [5, 5.41) is 14.8. The van der Waals surface area contributed by atoms with Gasteiger partial charge in [-0.15, -0.1) is 0 Å². The number of fused-ring (bicyclic) bond motifs is 1. The molecule has 0 aliphatic carbocycles. The van der Waals surface area contributed by atoms with E-state index in [9.17, 15) is 5.26 Å². The minimum Gasteiger partial charge on any atom is -0.497 e. The second-order valence-electron chi connectivity index (χ2n) is 6.00. The third-order valence-corrected chi connectivity index (χ3v) is 4.29. The number of ether oxygens (including phenoxy) is 1. The number of imidazole rings is 1. The lowest BCUT2D eigenvalue weighted by atomic mass is 9.91. The SMILES string of the molecule is COc1cccc(-c2nn3c(C#N)c(C(C)(C)C)nc3s2)c1. The molecule has 0 radical (unpaired) electrons. The molecule has 2 aromatic heterocycles. The van der Waals surface area contributed by atoms with Crippen LogP contribution in [-0.2, 0) is 5.41 Å². The molecule has 1 aromatic carbocycles. The van der Waals surface area contributed by atoms with Gasteiger partial charge in [0.05, 0.1) is 12.8 Å². The normalized spacial score (nSPS) is 11.6. The van der Waals surface area contributed by atoms with E-state index in [1.807, 2.05) is 45.0 Å². The van der Waals surface area contributed by atoms with Gasteiger partial charge in [-0.3, -0.25) is 0 Å². The fourth-order valence-electron chi connectivity index (χ4n) is 2.24. The van der Waals surface area contributed by atoms with Crippen molar-refractivity contribution in [2.45, 2.75) is 26.2 Å². The Bertz CT molecular complexity index is 880. The molecule has 0 N–H and O–H groups in total. The van der Waals surface area contributed by atoms with Crippen molar-refractivity contribution in [2.24, 2.45) is 0 Å². The number of hydrogen-bond acceptors (Lipinski definition) is 5. The van der Waals surface area contributed by atoms with Crippen LogP contribution in [0.15, 0.2) is 24.3 Å². The summed E-state index contributed by atoms with van der Waals surface area (Å²) in [7, 11) is 1.64. The molecule has 0 saturated heterocycles. The molecule has 0 saturated carbocycles. The van der Waals surface area contributed by atoms with Gasteiger partial charge in [0.25, 0.3) is 0 Å². The summed E-state index contributed by atoms with van der Waals surface area (Å²) < 4.78 is 6.88. The number of nitriles is 1. The zero-order valence-corrected chi connectivity index (χ0v) is 13.7. The molecule has 3 aromatic rings. The van der Waals surface area contributed by atoms with Crippen LogP contribution >= 0.6 is 11.3 Å². The van der Waals surface area contributed by atoms with Gasteiger partial charge < -0.3 is 4.74 Å². The summed E-state index contributed by atoms with van der Waals surface area (Å²) >= 11 is 1.47. The Morgan fingerprint density at radius 1 is 1.32 bits per heavy atom. The molecular formula is C16H16N4OS. The predicted molar refractivity (Wildman–Crippen MR) is 86.3 cm³/mol. The molecule has 0 bridgehead atoms. The van der Waals surface area contributed by atoms with E-state index in [0.29, 0.717) is 5.69 Å². The fourth-order valence-corrected chi connectivity index (χ4v) is 3.14. The number of aromatic nitrogens is 3. The Morgan fingerprint density at radius 2 is 2.09 bits per heavy atom. The summed E-state index contributed by atoms with van der Waals surface area (Å²) in [4.78, 5) is 5.34. The van der Waals surface area contributed by atoms with Crippen molar-refractivity contribution < 1.29 is 4.74 Å². The number of hydrogen-bond donors (Lipinski definition) is 0. The van der Waals surface area contributed by atoms with Crippen molar-refractivity contribution in [1.29, 1.82) is 5.26 Å². The molecule has 0 amide bonds. The Kier molecular flexibility index (Phi) is 3.38. The van der Waals surface area contributed by atoms with Crippen LogP contribution in [0.4, 0.5) is 0 Å². The highest BCUT2D eigenvalue weighted by molar-refractivity contribution is 7.19. The van der Waals surface area contributed by atoms with E-state index in [1.165, 1.54) is 11.3 Å². The fraction of sp³-hybridized carbons (Fsp3) is 0.312. The van der Waals surface area contributed by atoms with Crippen molar-refractivity contribution in [3.05, 3.63) is 35.7 Å². The topological polar surface area (TPSA) is 63.2 Å². The van der Waals surface area contributed by atoms with Gasteiger partial charge in [-0.2, -0.15) is 14.9 Å². The first-order valence-corrected chi connectivity index (χ1v) is 7.70. The van der Waals surface area contributed by atoms with Crippen molar-refractivity contribution in [3.8, 4) is 22.4 Å². The summed E-state index contributed by atoms with van der Waals surface area (Å²) in [5.74, 6) is 0.779. The molecule has 0 atom stereocenters. The van der Waals surface area contributed by atoms with Crippen molar-refractivity contribution in [3.63, 3.8) is 0 Å². The number of rotatable bonds is 2. The molecule has 0 fully saturated rings. The summed E-state index contributed by atoms with van der Waals surface area (Å²) in [6, 6.07) is 9.94. The first-order valence-electron chi connectivity index (χ1n) is 6.88. The number of benzene rings is 1. The molecule has 0 unspecified atom stereocenters. The Labute approximate surface area is 132 Å². The van der Waals surface area contributed by atoms with Crippen molar-refractivity contribution in [2.75, 3.05) is 7.11 Å². The van der Waals surface area contributed by atoms with Crippen LogP contribution in [0.25, 0.3) is 15.5 Å². The van der Waals surface area contributed by atoms with Crippen molar-refractivity contribution >= 4 is 16.3 Å². The van der Waals surface area contributed by atoms with Crippen molar-refractivity contribution in [1.82, 2.24) is 14.6 Å². The summed E-state index contributed by atoms with van der Waals surface area (Å²) in [6.45, 7) is 6.13. The standard InChI is InChI=1S/C16H16N4OS/c1-16(2,3)13-12(9-17)20-15(18-13)22-14(19-20)10-6-5-7-11(8-10)21-4/h5-8H,1-4H3. The van der Waals surface area contributed by atoms with Gasteiger partial charge in [0.15, 0.2) is 5.69 Å². The third kappa shape index (κ3) is 2.34. The highest BCUT2D eigenvalue weighted by Crippen LogP contribution is 2.32. The lowest BCUT2D eigenvalue weighted by molar-refractivity contribution is 0.415. The van der Waals surface area contributed by atoms with Gasteiger partial charge in [-0.25, -0.2) is 4.98 Å². The first-order chi connectivity index (χ1) is 10.4. The maximum atomic E-state index is 9.46. The van der Waals surface area contributed by atoms with Gasteiger partial charge in [0, 0.05) is 11.0 Å². The quantitative estimate of drug-likeness (QED) is 0.725. The molecule has 3 rings (SSSR count). The van der Waals surface area contributed by atoms with Gasteiger partial charge in [-0.05, 0) is 12.1 Å². The van der Waals surface area contributed by atoms with Crippen LogP contribution in [0, 0.1) is 11.3 Å². The summed E-state index contributed by atoms with van der Waals surface area (Å²) in [6.07, 6.45) is 0. The van der Waals surface area contributed by atoms with Gasteiger partial charge >= 0.3 is 0 Å². The van der Waals surface area contributed by atoms with Gasteiger partial charge in [0.2, 0.25) is 4.96 Å². The molecule has 6 heteroatoms. The molecular weight excluding hydrogens is 296 g/mol. The lowest BCUT2D eigenvalue weighted by Crippen LogP contribution is -2.14. The molecule has 0 aliphatic heterocycles. The van der Waals surface area contributed by atoms with E-state index in [1.54, 1.807) is 11.6 Å². The average Bonchev–Trinajstić information content (AvgIpc) is 3.04. The van der Waals surface area contributed by atoms with Gasteiger partial charge in [0.1, 0.15) is 16.8 Å². The summed E-state index contributed by atoms with van der Waals surface area (Å²) in [5.41, 5.74) is 2.06. The van der Waals surface area contributed by atoms with Crippen LogP contribution in [0.5, 0.6) is 5.75 Å². The smallest absolute Gasteiger partial charge is 0.214 e. The zero-order valence-electron chi connectivity index (χ0n) is 12.9. The monoisotopic (exact) mass is 312 g/mol. The highest BCUT2D eigenvalue weighted by atomic mass is 32.1. The molecule has 5 nitrogen and oxygen atoms in total. The van der Waals surface area contributed by atoms with Crippen LogP contribution < -0.4 is 4.74 Å². The Hall–Kier alpha value is -2.39. The molecule has 2 heterocycles. The Morgan fingerprint density at radius 3 is 2.73 bits per heavy atom. The van der Waals surface area contributed by atoms with E-state index < -0.39 is 0 Å². The minimum atomic E-state index is -0.186. The first kappa shape index (κ1) is 14.5. The molecule has 0 spiro atoms. The van der Waals surface area contributed by atoms with Crippen LogP contribution in [0.3, 0.4) is 0 Å².